The minimum Gasteiger partial charge on any atom is -0.478 e. The van der Waals surface area contributed by atoms with E-state index in [1.54, 1.807) is 36.7 Å². The molecule has 7 heteroatoms. The summed E-state index contributed by atoms with van der Waals surface area (Å²) in [6.07, 6.45) is 5.04. The number of aromatic nitrogens is 1. The summed E-state index contributed by atoms with van der Waals surface area (Å²) in [4.78, 5) is 31.7. The van der Waals surface area contributed by atoms with E-state index in [0.717, 1.165) is 5.56 Å². The number of hydrogen-bond acceptors (Lipinski definition) is 5. The van der Waals surface area contributed by atoms with Crippen LogP contribution in [-0.2, 0) is 4.79 Å². The van der Waals surface area contributed by atoms with Crippen LogP contribution in [0, 0.1) is 0 Å². The van der Waals surface area contributed by atoms with Crippen LogP contribution in [0.25, 0.3) is 6.08 Å². The number of hydrogen-bond donors (Lipinski definition) is 2. The lowest BCUT2D eigenvalue weighted by atomic mass is 10.2. The van der Waals surface area contributed by atoms with Crippen molar-refractivity contribution in [2.75, 3.05) is 0 Å². The van der Waals surface area contributed by atoms with Gasteiger partial charge < -0.3 is 10.4 Å². The van der Waals surface area contributed by atoms with Gasteiger partial charge in [0.05, 0.1) is 16.2 Å². The molecule has 1 aliphatic heterocycles. The Kier molecular flexibility index (Phi) is 4.20. The topological polar surface area (TPSA) is 91.7 Å². The van der Waals surface area contributed by atoms with Gasteiger partial charge in [0.15, 0.2) is 5.17 Å². The third kappa shape index (κ3) is 3.64. The highest BCUT2D eigenvalue weighted by Gasteiger charge is 2.23. The number of nitrogens with zero attached hydrogens (tertiary/aromatic N) is 2. The first-order chi connectivity index (χ1) is 11.1. The van der Waals surface area contributed by atoms with Gasteiger partial charge in [-0.15, -0.1) is 0 Å². The van der Waals surface area contributed by atoms with E-state index in [9.17, 15) is 9.59 Å². The fraction of sp³-hybridized carbons (Fsp3) is 0. The summed E-state index contributed by atoms with van der Waals surface area (Å²) in [7, 11) is 0. The Hall–Kier alpha value is -2.93. The Bertz CT molecular complexity index is 831. The number of nitrogens with one attached hydrogen (secondary N) is 1. The lowest BCUT2D eigenvalue weighted by Gasteiger charge is -1.98. The fourth-order valence-electron chi connectivity index (χ4n) is 1.92. The van der Waals surface area contributed by atoms with Crippen LogP contribution in [0.4, 0.5) is 5.69 Å². The average Bonchev–Trinajstić information content (AvgIpc) is 2.88. The number of carboxylic acids is 1. The Balaban J connectivity index is 1.83. The third-order valence-corrected chi connectivity index (χ3v) is 3.87. The van der Waals surface area contributed by atoms with Crippen molar-refractivity contribution in [3.8, 4) is 0 Å². The summed E-state index contributed by atoms with van der Waals surface area (Å²) in [6, 6.07) is 9.85. The van der Waals surface area contributed by atoms with E-state index >= 15 is 0 Å². The van der Waals surface area contributed by atoms with Crippen LogP contribution in [0.5, 0.6) is 0 Å². The van der Waals surface area contributed by atoms with Crippen LogP contribution in [-0.4, -0.2) is 27.1 Å². The van der Waals surface area contributed by atoms with Crippen LogP contribution in [0.2, 0.25) is 0 Å². The van der Waals surface area contributed by atoms with E-state index in [1.807, 2.05) is 6.07 Å². The summed E-state index contributed by atoms with van der Waals surface area (Å²) >= 11 is 1.20. The van der Waals surface area contributed by atoms with E-state index in [-0.39, 0.29) is 11.5 Å². The largest absolute Gasteiger partial charge is 0.478 e. The summed E-state index contributed by atoms with van der Waals surface area (Å²) in [5, 5.41) is 12.0. The molecule has 3 rings (SSSR count). The highest BCUT2D eigenvalue weighted by Crippen LogP contribution is 2.28. The minimum atomic E-state index is -1.02. The molecule has 1 amide bonds. The lowest BCUT2D eigenvalue weighted by molar-refractivity contribution is -0.115. The number of carboxylic acid groups (broad SMARTS) is 1. The van der Waals surface area contributed by atoms with Crippen LogP contribution < -0.4 is 5.32 Å². The summed E-state index contributed by atoms with van der Waals surface area (Å²) in [6.45, 7) is 0. The van der Waals surface area contributed by atoms with Gasteiger partial charge in [0.2, 0.25) is 0 Å². The molecule has 0 saturated carbocycles. The fourth-order valence-corrected chi connectivity index (χ4v) is 2.76. The molecule has 1 aliphatic rings. The monoisotopic (exact) mass is 325 g/mol. The number of aromatic carboxylic acids is 1. The van der Waals surface area contributed by atoms with E-state index in [4.69, 9.17) is 5.11 Å². The number of pyridine rings is 1. The summed E-state index contributed by atoms with van der Waals surface area (Å²) < 4.78 is 0. The molecule has 0 spiro atoms. The number of thioether (sulfide) groups is 1. The average molecular weight is 325 g/mol. The van der Waals surface area contributed by atoms with Gasteiger partial charge >= 0.3 is 5.97 Å². The van der Waals surface area contributed by atoms with Crippen molar-refractivity contribution in [3.05, 3.63) is 64.8 Å². The van der Waals surface area contributed by atoms with Gasteiger partial charge in [0.1, 0.15) is 0 Å². The second kappa shape index (κ2) is 6.45. The van der Waals surface area contributed by atoms with Crippen LogP contribution >= 0.6 is 11.8 Å². The molecule has 2 aromatic rings. The number of benzene rings is 1. The Morgan fingerprint density at radius 1 is 1.30 bits per heavy atom. The molecule has 6 nitrogen and oxygen atoms in total. The second-order valence-electron chi connectivity index (χ2n) is 4.62. The zero-order chi connectivity index (χ0) is 16.2. The van der Waals surface area contributed by atoms with Crippen molar-refractivity contribution in [1.29, 1.82) is 0 Å². The SMILES string of the molecule is O=C1NC(=Nc2cccc(C(=O)O)c2)S/C1=C/c1cccnc1. The van der Waals surface area contributed by atoms with Crippen LogP contribution in [0.3, 0.4) is 0 Å². The van der Waals surface area contributed by atoms with Gasteiger partial charge in [0, 0.05) is 12.4 Å². The first-order valence-electron chi connectivity index (χ1n) is 6.65. The van der Waals surface area contributed by atoms with Gasteiger partial charge in [-0.3, -0.25) is 9.78 Å². The molecule has 114 valence electrons. The minimum absolute atomic E-state index is 0.146. The number of rotatable bonds is 3. The van der Waals surface area contributed by atoms with Crippen LogP contribution in [0.1, 0.15) is 15.9 Å². The molecule has 0 aliphatic carbocycles. The van der Waals surface area contributed by atoms with E-state index in [0.29, 0.717) is 15.8 Å². The number of amidine groups is 1. The zero-order valence-corrected chi connectivity index (χ0v) is 12.6. The van der Waals surface area contributed by atoms with Gasteiger partial charge in [-0.1, -0.05) is 12.1 Å². The standard InChI is InChI=1S/C16H11N3O3S/c20-14-13(7-10-3-2-6-17-9-10)23-16(19-14)18-12-5-1-4-11(8-12)15(21)22/h1-9H,(H,21,22)(H,18,19,20)/b13-7+. The molecule has 1 aromatic carbocycles. The maximum absolute atomic E-state index is 12.0. The molecular formula is C16H11N3O3S. The lowest BCUT2D eigenvalue weighted by Crippen LogP contribution is -2.19. The van der Waals surface area contributed by atoms with E-state index in [2.05, 4.69) is 15.3 Å². The molecular weight excluding hydrogens is 314 g/mol. The Morgan fingerprint density at radius 3 is 2.91 bits per heavy atom. The molecule has 0 bridgehead atoms. The molecule has 0 radical (unpaired) electrons. The maximum Gasteiger partial charge on any atom is 0.335 e. The number of carbonyl (C=O) groups is 2. The summed E-state index contributed by atoms with van der Waals surface area (Å²) in [5.41, 5.74) is 1.43. The summed E-state index contributed by atoms with van der Waals surface area (Å²) in [5.74, 6) is -1.26. The number of amides is 1. The number of aliphatic imine (C=N–C) groups is 1. The van der Waals surface area contributed by atoms with Gasteiger partial charge in [-0.25, -0.2) is 9.79 Å². The molecule has 1 fully saturated rings. The predicted octanol–water partition coefficient (Wildman–Crippen LogP) is 2.67. The third-order valence-electron chi connectivity index (χ3n) is 2.96. The molecule has 1 saturated heterocycles. The van der Waals surface area contributed by atoms with Crippen molar-refractivity contribution in [2.45, 2.75) is 0 Å². The number of carbonyl (C=O) groups excluding carboxylic acids is 1. The van der Waals surface area contributed by atoms with Gasteiger partial charge in [0.25, 0.3) is 5.91 Å². The van der Waals surface area contributed by atoms with E-state index < -0.39 is 5.97 Å². The first kappa shape index (κ1) is 15.0. The van der Waals surface area contributed by atoms with Gasteiger partial charge in [-0.2, -0.15) is 0 Å². The highest BCUT2D eigenvalue weighted by molar-refractivity contribution is 8.18. The van der Waals surface area contributed by atoms with Crippen molar-refractivity contribution in [1.82, 2.24) is 10.3 Å². The smallest absolute Gasteiger partial charge is 0.335 e. The Morgan fingerprint density at radius 2 is 2.17 bits per heavy atom. The molecule has 0 unspecified atom stereocenters. The van der Waals surface area contributed by atoms with Crippen molar-refractivity contribution in [3.63, 3.8) is 0 Å². The normalized spacial score (nSPS) is 17.5. The molecule has 23 heavy (non-hydrogen) atoms. The van der Waals surface area contributed by atoms with Crippen molar-refractivity contribution >= 4 is 40.6 Å². The van der Waals surface area contributed by atoms with Crippen molar-refractivity contribution in [2.24, 2.45) is 4.99 Å². The molecule has 1 aromatic heterocycles. The van der Waals surface area contributed by atoms with Crippen LogP contribution in [0.15, 0.2) is 58.7 Å². The highest BCUT2D eigenvalue weighted by atomic mass is 32.2. The molecule has 2 N–H and O–H groups in total. The quantitative estimate of drug-likeness (QED) is 0.847. The first-order valence-corrected chi connectivity index (χ1v) is 7.46. The van der Waals surface area contributed by atoms with Crippen molar-refractivity contribution < 1.29 is 14.7 Å². The van der Waals surface area contributed by atoms with E-state index in [1.165, 1.54) is 23.9 Å². The molecule has 2 heterocycles. The Labute approximate surface area is 136 Å². The molecule has 0 atom stereocenters. The maximum atomic E-state index is 12.0. The predicted molar refractivity (Wildman–Crippen MR) is 88.4 cm³/mol. The zero-order valence-electron chi connectivity index (χ0n) is 11.8. The van der Waals surface area contributed by atoms with Gasteiger partial charge in [-0.05, 0) is 47.7 Å². The second-order valence-corrected chi connectivity index (χ2v) is 5.65.